The number of aromatic nitrogens is 4. The Balaban J connectivity index is 1.50. The molecule has 0 radical (unpaired) electrons. The SMILES string of the molecule is Cc1ccc2[nH]ncc2c1-c1cc(-c2cccc(OCCN3CCNCC3)n2)nc(C(N)=O)c1N. The molecule has 1 fully saturated rings. The number of pyridine rings is 2. The number of aromatic amines is 1. The Morgan fingerprint density at radius 1 is 1.14 bits per heavy atom. The van der Waals surface area contributed by atoms with Gasteiger partial charge in [0.05, 0.1) is 28.8 Å². The van der Waals surface area contributed by atoms with E-state index in [9.17, 15) is 4.79 Å². The summed E-state index contributed by atoms with van der Waals surface area (Å²) in [5, 5.41) is 11.4. The topological polar surface area (TPSA) is 148 Å². The van der Waals surface area contributed by atoms with Gasteiger partial charge in [-0.1, -0.05) is 12.1 Å². The molecule has 1 amide bonds. The Hall–Kier alpha value is -4.02. The van der Waals surface area contributed by atoms with E-state index in [-0.39, 0.29) is 11.4 Å². The largest absolute Gasteiger partial charge is 0.476 e. The van der Waals surface area contributed by atoms with E-state index in [4.69, 9.17) is 16.2 Å². The van der Waals surface area contributed by atoms with Crippen molar-refractivity contribution in [3.63, 3.8) is 0 Å². The lowest BCUT2D eigenvalue weighted by Gasteiger charge is -2.26. The lowest BCUT2D eigenvalue weighted by molar-refractivity contribution is 0.0996. The molecule has 1 aromatic carbocycles. The number of nitrogens with two attached hydrogens (primary N) is 2. The summed E-state index contributed by atoms with van der Waals surface area (Å²) in [4.78, 5) is 23.7. The third-order valence-corrected chi connectivity index (χ3v) is 6.25. The number of fused-ring (bicyclic) bond motifs is 1. The van der Waals surface area contributed by atoms with Crippen molar-refractivity contribution >= 4 is 22.5 Å². The summed E-state index contributed by atoms with van der Waals surface area (Å²) in [5.74, 6) is -0.211. The van der Waals surface area contributed by atoms with Crippen LogP contribution in [0.4, 0.5) is 5.69 Å². The first-order chi connectivity index (χ1) is 17.0. The summed E-state index contributed by atoms with van der Waals surface area (Å²) in [6.07, 6.45) is 1.74. The van der Waals surface area contributed by atoms with Crippen molar-refractivity contribution in [3.8, 4) is 28.4 Å². The number of hydrogen-bond acceptors (Lipinski definition) is 8. The van der Waals surface area contributed by atoms with Crippen molar-refractivity contribution in [3.05, 3.63) is 53.9 Å². The maximum Gasteiger partial charge on any atom is 0.269 e. The predicted molar refractivity (Wildman–Crippen MR) is 135 cm³/mol. The number of piperazine rings is 1. The lowest BCUT2D eigenvalue weighted by atomic mass is 9.94. The smallest absolute Gasteiger partial charge is 0.269 e. The first kappa shape index (κ1) is 22.8. The third-order valence-electron chi connectivity index (χ3n) is 6.25. The number of anilines is 1. The summed E-state index contributed by atoms with van der Waals surface area (Å²) >= 11 is 0. The molecule has 0 bridgehead atoms. The lowest BCUT2D eigenvalue weighted by Crippen LogP contribution is -2.44. The number of benzene rings is 1. The number of aryl methyl sites for hydroxylation is 1. The van der Waals surface area contributed by atoms with E-state index >= 15 is 0 Å². The average Bonchev–Trinajstić information content (AvgIpc) is 3.34. The molecular weight excluding hydrogens is 444 g/mol. The van der Waals surface area contributed by atoms with Gasteiger partial charge in [0, 0.05) is 49.7 Å². The molecule has 3 aromatic heterocycles. The zero-order valence-electron chi connectivity index (χ0n) is 19.5. The molecule has 0 spiro atoms. The van der Waals surface area contributed by atoms with Gasteiger partial charge in [-0.05, 0) is 36.2 Å². The van der Waals surface area contributed by atoms with Crippen LogP contribution in [0.25, 0.3) is 33.4 Å². The normalized spacial score (nSPS) is 14.3. The van der Waals surface area contributed by atoms with Gasteiger partial charge in [-0.15, -0.1) is 0 Å². The molecular formula is C25H28N8O2. The second-order valence-corrected chi connectivity index (χ2v) is 8.57. The third kappa shape index (κ3) is 4.66. The van der Waals surface area contributed by atoms with E-state index < -0.39 is 5.91 Å². The summed E-state index contributed by atoms with van der Waals surface area (Å²) in [5.41, 5.74) is 16.7. The number of nitrogen functional groups attached to an aromatic ring is 1. The van der Waals surface area contributed by atoms with Gasteiger partial charge in [0.2, 0.25) is 5.88 Å². The van der Waals surface area contributed by atoms with Crippen LogP contribution in [0, 0.1) is 6.92 Å². The molecule has 1 aliphatic heterocycles. The van der Waals surface area contributed by atoms with Crippen LogP contribution in [0.3, 0.4) is 0 Å². The maximum atomic E-state index is 12.3. The number of ether oxygens (including phenoxy) is 1. The van der Waals surface area contributed by atoms with Crippen LogP contribution in [-0.2, 0) is 0 Å². The van der Waals surface area contributed by atoms with Gasteiger partial charge in [0.15, 0.2) is 5.69 Å². The highest BCUT2D eigenvalue weighted by molar-refractivity contribution is 6.05. The fourth-order valence-electron chi connectivity index (χ4n) is 4.42. The van der Waals surface area contributed by atoms with Gasteiger partial charge in [-0.2, -0.15) is 5.10 Å². The van der Waals surface area contributed by atoms with Gasteiger partial charge >= 0.3 is 0 Å². The quantitative estimate of drug-likeness (QED) is 0.319. The molecule has 6 N–H and O–H groups in total. The fraction of sp³-hybridized carbons (Fsp3) is 0.280. The van der Waals surface area contributed by atoms with Crippen molar-refractivity contribution < 1.29 is 9.53 Å². The standard InChI is InChI=1S/C25H28N8O2/c1-15-5-6-18-17(14-29-32-18)22(15)16-13-20(31-24(23(16)26)25(27)34)19-3-2-4-21(30-19)35-12-11-33-9-7-28-8-10-33/h2-6,13-14,28H,7-12,26H2,1H3,(H2,27,34)(H,29,32). The van der Waals surface area contributed by atoms with E-state index in [0.717, 1.165) is 54.8 Å². The highest BCUT2D eigenvalue weighted by Crippen LogP contribution is 2.37. The second kappa shape index (κ2) is 9.69. The summed E-state index contributed by atoms with van der Waals surface area (Å²) in [6.45, 7) is 7.35. The van der Waals surface area contributed by atoms with Gasteiger partial charge in [0.25, 0.3) is 5.91 Å². The van der Waals surface area contributed by atoms with Crippen molar-refractivity contribution in [1.82, 2.24) is 30.4 Å². The summed E-state index contributed by atoms with van der Waals surface area (Å²) in [6, 6.07) is 11.3. The van der Waals surface area contributed by atoms with Crippen LogP contribution >= 0.6 is 0 Å². The zero-order chi connectivity index (χ0) is 24.4. The number of amides is 1. The number of rotatable bonds is 7. The molecule has 10 nitrogen and oxygen atoms in total. The van der Waals surface area contributed by atoms with Gasteiger partial charge < -0.3 is 21.5 Å². The first-order valence-corrected chi connectivity index (χ1v) is 11.6. The molecule has 1 saturated heterocycles. The Labute approximate surface area is 202 Å². The summed E-state index contributed by atoms with van der Waals surface area (Å²) in [7, 11) is 0. The van der Waals surface area contributed by atoms with E-state index in [1.807, 2.05) is 43.3 Å². The molecule has 0 aliphatic carbocycles. The fourth-order valence-corrected chi connectivity index (χ4v) is 4.42. The van der Waals surface area contributed by atoms with Crippen molar-refractivity contribution in [2.45, 2.75) is 6.92 Å². The zero-order valence-corrected chi connectivity index (χ0v) is 19.5. The number of carbonyl (C=O) groups is 1. The van der Waals surface area contributed by atoms with E-state index in [1.165, 1.54) is 0 Å². The maximum absolute atomic E-state index is 12.3. The molecule has 4 heterocycles. The number of hydrogen-bond donors (Lipinski definition) is 4. The number of primary amides is 1. The van der Waals surface area contributed by atoms with Crippen LogP contribution in [0.2, 0.25) is 0 Å². The van der Waals surface area contributed by atoms with Crippen LogP contribution in [-0.4, -0.2) is 70.3 Å². The molecule has 10 heteroatoms. The molecule has 5 rings (SSSR count). The minimum Gasteiger partial charge on any atom is -0.476 e. The molecule has 35 heavy (non-hydrogen) atoms. The molecule has 0 saturated carbocycles. The van der Waals surface area contributed by atoms with Crippen molar-refractivity contribution in [2.24, 2.45) is 5.73 Å². The van der Waals surface area contributed by atoms with Gasteiger partial charge in [-0.25, -0.2) is 9.97 Å². The minimum absolute atomic E-state index is 0.00391. The Morgan fingerprint density at radius 2 is 1.97 bits per heavy atom. The molecule has 1 aliphatic rings. The molecule has 180 valence electrons. The number of H-pyrrole nitrogens is 1. The molecule has 0 unspecified atom stereocenters. The van der Waals surface area contributed by atoms with E-state index in [2.05, 4.69) is 30.4 Å². The number of nitrogens with one attached hydrogen (secondary N) is 2. The van der Waals surface area contributed by atoms with Crippen molar-refractivity contribution in [1.29, 1.82) is 0 Å². The number of nitrogens with zero attached hydrogens (tertiary/aromatic N) is 4. The van der Waals surface area contributed by atoms with E-state index in [0.29, 0.717) is 29.4 Å². The van der Waals surface area contributed by atoms with Crippen LogP contribution in [0.1, 0.15) is 16.1 Å². The monoisotopic (exact) mass is 472 g/mol. The second-order valence-electron chi connectivity index (χ2n) is 8.57. The number of carbonyl (C=O) groups excluding carboxylic acids is 1. The highest BCUT2D eigenvalue weighted by atomic mass is 16.5. The van der Waals surface area contributed by atoms with Gasteiger partial charge in [0.1, 0.15) is 6.61 Å². The van der Waals surface area contributed by atoms with Crippen LogP contribution in [0.5, 0.6) is 5.88 Å². The Bertz CT molecular complexity index is 1380. The van der Waals surface area contributed by atoms with Crippen LogP contribution in [0.15, 0.2) is 42.6 Å². The highest BCUT2D eigenvalue weighted by Gasteiger charge is 2.20. The van der Waals surface area contributed by atoms with Crippen LogP contribution < -0.4 is 21.5 Å². The minimum atomic E-state index is -0.703. The Morgan fingerprint density at radius 3 is 2.77 bits per heavy atom. The molecule has 4 aromatic rings. The van der Waals surface area contributed by atoms with Gasteiger partial charge in [-0.3, -0.25) is 14.8 Å². The molecule has 0 atom stereocenters. The average molecular weight is 473 g/mol. The summed E-state index contributed by atoms with van der Waals surface area (Å²) < 4.78 is 5.92. The predicted octanol–water partition coefficient (Wildman–Crippen LogP) is 1.96. The van der Waals surface area contributed by atoms with Crippen molar-refractivity contribution in [2.75, 3.05) is 45.1 Å². The van der Waals surface area contributed by atoms with E-state index in [1.54, 1.807) is 6.20 Å². The Kier molecular flexibility index (Phi) is 6.30. The first-order valence-electron chi connectivity index (χ1n) is 11.6.